The topological polar surface area (TPSA) is 102 Å². The van der Waals surface area contributed by atoms with Gasteiger partial charge in [0.25, 0.3) is 5.56 Å². The van der Waals surface area contributed by atoms with Crippen molar-refractivity contribution in [1.29, 1.82) is 0 Å². The molecule has 39 heavy (non-hydrogen) atoms. The van der Waals surface area contributed by atoms with Gasteiger partial charge in [-0.15, -0.1) is 0 Å². The van der Waals surface area contributed by atoms with Crippen LogP contribution in [0.1, 0.15) is 21.5 Å². The molecule has 0 unspecified atom stereocenters. The zero-order valence-corrected chi connectivity index (χ0v) is 22.9. The molecule has 3 aromatic carbocycles. The van der Waals surface area contributed by atoms with Crippen molar-refractivity contribution in [2.24, 2.45) is 0 Å². The fourth-order valence-corrected chi connectivity index (χ4v) is 4.37. The first-order chi connectivity index (χ1) is 18.9. The summed E-state index contributed by atoms with van der Waals surface area (Å²) in [6.45, 7) is 0.581. The number of hydrogen-bond donors (Lipinski definition) is 2. The van der Waals surface area contributed by atoms with E-state index in [1.54, 1.807) is 51.7 Å². The minimum Gasteiger partial charge on any atom is -0.497 e. The van der Waals surface area contributed by atoms with Crippen molar-refractivity contribution in [2.45, 2.75) is 13.1 Å². The van der Waals surface area contributed by atoms with Crippen LogP contribution in [0.2, 0.25) is 0 Å². The van der Waals surface area contributed by atoms with Gasteiger partial charge in [-0.1, -0.05) is 24.3 Å². The highest BCUT2D eigenvalue weighted by Gasteiger charge is 2.18. The molecule has 0 radical (unpaired) electrons. The SMILES string of the molecule is COC(=O)c1ccccc1NC(=S)N(Cc1ccc(OC)cc1)Cc1cc2cc(OC)c(OC)cc2[nH]c1=O. The van der Waals surface area contributed by atoms with E-state index in [-0.39, 0.29) is 12.1 Å². The summed E-state index contributed by atoms with van der Waals surface area (Å²) in [5.74, 6) is 1.31. The van der Waals surface area contributed by atoms with Crippen molar-refractivity contribution in [3.05, 3.63) is 93.8 Å². The van der Waals surface area contributed by atoms with E-state index in [1.807, 2.05) is 41.3 Å². The Morgan fingerprint density at radius 3 is 2.26 bits per heavy atom. The summed E-state index contributed by atoms with van der Waals surface area (Å²) in [6.07, 6.45) is 0. The molecule has 0 aliphatic rings. The minimum absolute atomic E-state index is 0.192. The molecule has 0 aliphatic heterocycles. The first-order valence-corrected chi connectivity index (χ1v) is 12.4. The normalized spacial score (nSPS) is 10.6. The number of carbonyl (C=O) groups excluding carboxylic acids is 1. The number of thiocarbonyl (C=S) groups is 1. The lowest BCUT2D eigenvalue weighted by molar-refractivity contribution is 0.0602. The van der Waals surface area contributed by atoms with Crippen LogP contribution < -0.4 is 25.1 Å². The van der Waals surface area contributed by atoms with Gasteiger partial charge in [0.2, 0.25) is 0 Å². The summed E-state index contributed by atoms with van der Waals surface area (Å²) in [7, 11) is 6.03. The number of fused-ring (bicyclic) bond motifs is 1. The van der Waals surface area contributed by atoms with Gasteiger partial charge in [-0.25, -0.2) is 4.79 Å². The molecule has 202 valence electrons. The standard InChI is InChI=1S/C29H29N3O6S/c1-35-21-11-9-18(10-12-21)16-32(29(39)31-23-8-6-5-7-22(23)28(34)38-4)17-20-13-19-14-25(36-2)26(37-3)15-24(19)30-27(20)33/h5-15H,16-17H2,1-4H3,(H,30,33)(H,31,39). The number of ether oxygens (including phenoxy) is 4. The van der Waals surface area contributed by atoms with Crippen molar-refractivity contribution in [3.8, 4) is 17.2 Å². The van der Waals surface area contributed by atoms with Gasteiger partial charge in [0, 0.05) is 23.6 Å². The summed E-state index contributed by atoms with van der Waals surface area (Å²) in [5.41, 5.74) is 2.65. The van der Waals surface area contributed by atoms with Crippen molar-refractivity contribution in [3.63, 3.8) is 0 Å². The summed E-state index contributed by atoms with van der Waals surface area (Å²) in [6, 6.07) is 19.9. The lowest BCUT2D eigenvalue weighted by atomic mass is 10.1. The van der Waals surface area contributed by atoms with Gasteiger partial charge in [0.15, 0.2) is 16.6 Å². The molecule has 9 nitrogen and oxygen atoms in total. The van der Waals surface area contributed by atoms with Crippen LogP contribution >= 0.6 is 12.2 Å². The largest absolute Gasteiger partial charge is 0.497 e. The van der Waals surface area contributed by atoms with Crippen molar-refractivity contribution in [2.75, 3.05) is 33.8 Å². The Labute approximate surface area is 231 Å². The van der Waals surface area contributed by atoms with Crippen molar-refractivity contribution < 1.29 is 23.7 Å². The molecule has 0 bridgehead atoms. The number of nitrogens with one attached hydrogen (secondary N) is 2. The second kappa shape index (κ2) is 12.3. The van der Waals surface area contributed by atoms with E-state index in [0.717, 1.165) is 16.7 Å². The van der Waals surface area contributed by atoms with Gasteiger partial charge in [0.1, 0.15) is 5.75 Å². The molecule has 0 saturated heterocycles. The van der Waals surface area contributed by atoms with E-state index < -0.39 is 5.97 Å². The molecular formula is C29H29N3O6S. The number of nitrogens with zero attached hydrogens (tertiary/aromatic N) is 1. The molecule has 1 aromatic heterocycles. The third-order valence-electron chi connectivity index (χ3n) is 6.18. The third kappa shape index (κ3) is 6.29. The summed E-state index contributed by atoms with van der Waals surface area (Å²) < 4.78 is 21.0. The number of aromatic nitrogens is 1. The number of aromatic amines is 1. The van der Waals surface area contributed by atoms with Gasteiger partial charge in [0.05, 0.1) is 51.8 Å². The van der Waals surface area contributed by atoms with Crippen molar-refractivity contribution in [1.82, 2.24) is 9.88 Å². The van der Waals surface area contributed by atoms with Crippen LogP contribution in [-0.4, -0.2) is 49.4 Å². The quantitative estimate of drug-likeness (QED) is 0.227. The average molecular weight is 548 g/mol. The third-order valence-corrected chi connectivity index (χ3v) is 6.54. The molecule has 0 atom stereocenters. The number of rotatable bonds is 9. The van der Waals surface area contributed by atoms with Gasteiger partial charge in [-0.2, -0.15) is 0 Å². The second-order valence-corrected chi connectivity index (χ2v) is 8.98. The highest BCUT2D eigenvalue weighted by atomic mass is 32.1. The maximum absolute atomic E-state index is 13.1. The number of hydrogen-bond acceptors (Lipinski definition) is 7. The Hall–Kier alpha value is -4.57. The van der Waals surface area contributed by atoms with E-state index in [4.69, 9.17) is 31.2 Å². The van der Waals surface area contributed by atoms with Gasteiger partial charge < -0.3 is 34.1 Å². The van der Waals surface area contributed by atoms with Gasteiger partial charge >= 0.3 is 5.97 Å². The minimum atomic E-state index is -0.488. The molecule has 0 spiro atoms. The summed E-state index contributed by atoms with van der Waals surface area (Å²) >= 11 is 5.79. The van der Waals surface area contributed by atoms with E-state index in [1.165, 1.54) is 7.11 Å². The molecule has 2 N–H and O–H groups in total. The van der Waals surface area contributed by atoms with Gasteiger partial charge in [-0.05, 0) is 54.2 Å². The van der Waals surface area contributed by atoms with Gasteiger partial charge in [-0.3, -0.25) is 4.79 Å². The molecular weight excluding hydrogens is 518 g/mol. The highest BCUT2D eigenvalue weighted by molar-refractivity contribution is 7.80. The number of carbonyl (C=O) groups is 1. The summed E-state index contributed by atoms with van der Waals surface area (Å²) in [4.78, 5) is 30.2. The van der Waals surface area contributed by atoms with Crippen LogP contribution in [0.5, 0.6) is 17.2 Å². The van der Waals surface area contributed by atoms with E-state index in [0.29, 0.717) is 45.5 Å². The number of esters is 1. The molecule has 4 aromatic rings. The number of pyridine rings is 1. The van der Waals surface area contributed by atoms with Crippen LogP contribution in [0.15, 0.2) is 71.5 Å². The lowest BCUT2D eigenvalue weighted by Gasteiger charge is -2.26. The molecule has 1 heterocycles. The van der Waals surface area contributed by atoms with Crippen LogP contribution in [-0.2, 0) is 17.8 Å². The van der Waals surface area contributed by atoms with E-state index >= 15 is 0 Å². The molecule has 10 heteroatoms. The Morgan fingerprint density at radius 2 is 1.59 bits per heavy atom. The number of benzene rings is 3. The van der Waals surface area contributed by atoms with E-state index in [2.05, 4.69) is 10.3 Å². The maximum Gasteiger partial charge on any atom is 0.339 e. The number of para-hydroxylation sites is 1. The molecule has 4 rings (SSSR count). The Kier molecular flexibility index (Phi) is 8.67. The monoisotopic (exact) mass is 547 g/mol. The fraction of sp³-hybridized carbons (Fsp3) is 0.207. The van der Waals surface area contributed by atoms with Crippen LogP contribution in [0.4, 0.5) is 5.69 Å². The number of methoxy groups -OCH3 is 4. The number of anilines is 1. The summed E-state index contributed by atoms with van der Waals surface area (Å²) in [5, 5.41) is 4.27. The van der Waals surface area contributed by atoms with E-state index in [9.17, 15) is 9.59 Å². The maximum atomic E-state index is 13.1. The predicted molar refractivity (Wildman–Crippen MR) is 154 cm³/mol. The predicted octanol–water partition coefficient (Wildman–Crippen LogP) is 4.74. The highest BCUT2D eigenvalue weighted by Crippen LogP contribution is 2.31. The first kappa shape index (κ1) is 27.5. The Morgan fingerprint density at radius 1 is 0.897 bits per heavy atom. The average Bonchev–Trinajstić information content (AvgIpc) is 2.96. The molecule has 0 aliphatic carbocycles. The Balaban J connectivity index is 1.70. The molecule has 0 amide bonds. The van der Waals surface area contributed by atoms with Crippen molar-refractivity contribution >= 4 is 39.9 Å². The second-order valence-electron chi connectivity index (χ2n) is 8.59. The zero-order valence-electron chi connectivity index (χ0n) is 22.1. The van der Waals surface area contributed by atoms with Crippen LogP contribution in [0.3, 0.4) is 0 Å². The Bertz CT molecular complexity index is 1550. The zero-order chi connectivity index (χ0) is 27.9. The number of H-pyrrole nitrogens is 1. The molecule has 0 fully saturated rings. The molecule has 0 saturated carbocycles. The fourth-order valence-electron chi connectivity index (χ4n) is 4.13. The first-order valence-electron chi connectivity index (χ1n) is 12.0. The van der Waals surface area contributed by atoms with Crippen LogP contribution in [0.25, 0.3) is 10.9 Å². The van der Waals surface area contributed by atoms with Crippen LogP contribution in [0, 0.1) is 0 Å². The lowest BCUT2D eigenvalue weighted by Crippen LogP contribution is -2.36. The smallest absolute Gasteiger partial charge is 0.339 e.